The molecule has 1 fully saturated rings. The lowest BCUT2D eigenvalue weighted by Crippen LogP contribution is -2.25. The Kier molecular flexibility index (Phi) is 4.46. The molecule has 0 heterocycles. The Balaban J connectivity index is 2.21. The molecule has 0 spiro atoms. The van der Waals surface area contributed by atoms with E-state index < -0.39 is 26.1 Å². The average Bonchev–Trinajstić information content (AvgIpc) is 2.32. The summed E-state index contributed by atoms with van der Waals surface area (Å²) in [6.45, 7) is 0.358. The Morgan fingerprint density at radius 2 is 1.90 bits per heavy atom. The number of anilines is 1. The lowest BCUT2D eigenvalue weighted by Gasteiger charge is -2.25. The zero-order valence-electron chi connectivity index (χ0n) is 11.1. The maximum absolute atomic E-state index is 13.1. The second-order valence-corrected chi connectivity index (χ2v) is 7.01. The molecule has 8 heteroatoms. The van der Waals surface area contributed by atoms with Crippen molar-refractivity contribution < 1.29 is 26.0 Å². The van der Waals surface area contributed by atoms with Crippen molar-refractivity contribution in [2.75, 3.05) is 11.9 Å². The number of hydrogen-bond acceptors (Lipinski definition) is 3. The first kappa shape index (κ1) is 16.1. The molecule has 0 unspecified atom stereocenters. The summed E-state index contributed by atoms with van der Waals surface area (Å²) >= 11 is 0. The van der Waals surface area contributed by atoms with Gasteiger partial charge in [-0.15, -0.1) is 0 Å². The molecule has 1 N–H and O–H groups in total. The van der Waals surface area contributed by atoms with Gasteiger partial charge >= 0.3 is 5.51 Å². The lowest BCUT2D eigenvalue weighted by molar-refractivity contribution is -0.0435. The van der Waals surface area contributed by atoms with Gasteiger partial charge < -0.3 is 5.32 Å². The third-order valence-corrected chi connectivity index (χ3v) is 5.16. The molecular formula is C13H15F4NO2S. The summed E-state index contributed by atoms with van der Waals surface area (Å²) in [4.78, 5) is -1.07. The molecule has 21 heavy (non-hydrogen) atoms. The van der Waals surface area contributed by atoms with Crippen LogP contribution in [-0.2, 0) is 9.84 Å². The van der Waals surface area contributed by atoms with Crippen LogP contribution in [0.15, 0.2) is 23.1 Å². The van der Waals surface area contributed by atoms with Gasteiger partial charge in [-0.25, -0.2) is 12.8 Å². The highest BCUT2D eigenvalue weighted by Crippen LogP contribution is 2.35. The summed E-state index contributed by atoms with van der Waals surface area (Å²) < 4.78 is 73.9. The average molecular weight is 325 g/mol. The van der Waals surface area contributed by atoms with E-state index in [1.54, 1.807) is 0 Å². The second-order valence-electron chi connectivity index (χ2n) is 5.10. The molecule has 1 aliphatic rings. The van der Waals surface area contributed by atoms with Crippen molar-refractivity contribution in [2.45, 2.75) is 36.1 Å². The van der Waals surface area contributed by atoms with Crippen molar-refractivity contribution in [1.82, 2.24) is 0 Å². The Labute approximate surface area is 120 Å². The van der Waals surface area contributed by atoms with Gasteiger partial charge in [0.2, 0.25) is 0 Å². The fourth-order valence-electron chi connectivity index (χ4n) is 2.18. The molecule has 0 bridgehead atoms. The number of alkyl halides is 3. The molecule has 2 rings (SSSR count). The Hall–Kier alpha value is -1.31. The summed E-state index contributed by atoms with van der Waals surface area (Å²) in [5, 5.41) is 2.67. The first-order valence-corrected chi connectivity index (χ1v) is 8.05. The first-order chi connectivity index (χ1) is 9.72. The molecule has 3 nitrogen and oxygen atoms in total. The van der Waals surface area contributed by atoms with E-state index in [4.69, 9.17) is 0 Å². The van der Waals surface area contributed by atoms with Crippen molar-refractivity contribution in [1.29, 1.82) is 0 Å². The minimum absolute atomic E-state index is 0.215. The minimum atomic E-state index is -5.57. The summed E-state index contributed by atoms with van der Waals surface area (Å²) in [6, 6.07) is 2.35. The topological polar surface area (TPSA) is 46.2 Å². The zero-order valence-corrected chi connectivity index (χ0v) is 11.9. The van der Waals surface area contributed by atoms with Gasteiger partial charge in [-0.2, -0.15) is 13.2 Å². The summed E-state index contributed by atoms with van der Waals surface area (Å²) in [5.74, 6) is -0.497. The fraction of sp³-hybridized carbons (Fsp3) is 0.538. The number of nitrogens with one attached hydrogen (secondary N) is 1. The van der Waals surface area contributed by atoms with Crippen molar-refractivity contribution in [3.05, 3.63) is 24.0 Å². The molecule has 1 aromatic rings. The van der Waals surface area contributed by atoms with E-state index in [0.29, 0.717) is 18.5 Å². The first-order valence-electron chi connectivity index (χ1n) is 6.56. The highest BCUT2D eigenvalue weighted by Gasteiger charge is 2.48. The smallest absolute Gasteiger partial charge is 0.384 e. The standard InChI is InChI=1S/C13H15F4NO2S/c14-10-4-5-11(18-7-6-9-2-1-3-9)12(8-10)21(19,20)13(15,16)17/h4-5,8-9,18H,1-3,6-7H2. The van der Waals surface area contributed by atoms with E-state index in [9.17, 15) is 26.0 Å². The minimum Gasteiger partial charge on any atom is -0.384 e. The highest BCUT2D eigenvalue weighted by molar-refractivity contribution is 7.92. The van der Waals surface area contributed by atoms with Gasteiger partial charge in [0.05, 0.1) is 5.69 Å². The quantitative estimate of drug-likeness (QED) is 0.839. The number of benzene rings is 1. The van der Waals surface area contributed by atoms with Crippen LogP contribution in [0, 0.1) is 11.7 Å². The Morgan fingerprint density at radius 3 is 2.43 bits per heavy atom. The molecule has 1 aliphatic carbocycles. The summed E-state index contributed by atoms with van der Waals surface area (Å²) in [6.07, 6.45) is 4.06. The van der Waals surface area contributed by atoms with E-state index in [0.717, 1.165) is 37.8 Å². The van der Waals surface area contributed by atoms with E-state index >= 15 is 0 Å². The van der Waals surface area contributed by atoms with Crippen LogP contribution in [0.1, 0.15) is 25.7 Å². The largest absolute Gasteiger partial charge is 0.501 e. The van der Waals surface area contributed by atoms with Crippen LogP contribution in [0.5, 0.6) is 0 Å². The van der Waals surface area contributed by atoms with Crippen molar-refractivity contribution >= 4 is 15.5 Å². The molecule has 1 aromatic carbocycles. The molecule has 118 valence electrons. The molecule has 0 aliphatic heterocycles. The number of hydrogen-bond donors (Lipinski definition) is 1. The lowest BCUT2D eigenvalue weighted by atomic mass is 9.83. The van der Waals surface area contributed by atoms with E-state index in [1.807, 2.05) is 0 Å². The Morgan fingerprint density at radius 1 is 1.24 bits per heavy atom. The third kappa shape index (κ3) is 3.48. The van der Waals surface area contributed by atoms with Crippen LogP contribution in [-0.4, -0.2) is 20.5 Å². The molecule has 0 radical (unpaired) electrons. The monoisotopic (exact) mass is 325 g/mol. The molecule has 0 atom stereocenters. The van der Waals surface area contributed by atoms with Gasteiger partial charge in [0.15, 0.2) is 0 Å². The van der Waals surface area contributed by atoms with Crippen LogP contribution < -0.4 is 5.32 Å². The van der Waals surface area contributed by atoms with Gasteiger partial charge in [-0.3, -0.25) is 0 Å². The molecule has 1 saturated carbocycles. The maximum Gasteiger partial charge on any atom is 0.501 e. The van der Waals surface area contributed by atoms with Crippen LogP contribution in [0.25, 0.3) is 0 Å². The number of rotatable bonds is 5. The van der Waals surface area contributed by atoms with Crippen LogP contribution in [0.4, 0.5) is 23.2 Å². The predicted molar refractivity (Wildman–Crippen MR) is 70.1 cm³/mol. The fourth-order valence-corrected chi connectivity index (χ4v) is 3.13. The molecule has 0 aromatic heterocycles. The predicted octanol–water partition coefficient (Wildman–Crippen LogP) is 3.72. The van der Waals surface area contributed by atoms with Crippen molar-refractivity contribution in [3.63, 3.8) is 0 Å². The van der Waals surface area contributed by atoms with Gasteiger partial charge in [0.1, 0.15) is 10.7 Å². The Bertz CT molecular complexity index is 609. The van der Waals surface area contributed by atoms with Gasteiger partial charge in [-0.1, -0.05) is 19.3 Å². The summed E-state index contributed by atoms with van der Waals surface area (Å²) in [7, 11) is -5.57. The van der Waals surface area contributed by atoms with Crippen molar-refractivity contribution in [2.24, 2.45) is 5.92 Å². The van der Waals surface area contributed by atoms with Crippen LogP contribution in [0.3, 0.4) is 0 Å². The van der Waals surface area contributed by atoms with Gasteiger partial charge in [-0.05, 0) is 30.5 Å². The summed E-state index contributed by atoms with van der Waals surface area (Å²) in [5.41, 5.74) is -5.67. The van der Waals surface area contributed by atoms with Gasteiger partial charge in [0, 0.05) is 6.54 Å². The van der Waals surface area contributed by atoms with E-state index in [1.165, 1.54) is 0 Å². The van der Waals surface area contributed by atoms with E-state index in [-0.39, 0.29) is 5.69 Å². The molecular weight excluding hydrogens is 310 g/mol. The number of sulfone groups is 1. The van der Waals surface area contributed by atoms with Gasteiger partial charge in [0.25, 0.3) is 9.84 Å². The maximum atomic E-state index is 13.1. The number of halogens is 4. The highest BCUT2D eigenvalue weighted by atomic mass is 32.2. The van der Waals surface area contributed by atoms with Crippen LogP contribution in [0.2, 0.25) is 0 Å². The van der Waals surface area contributed by atoms with E-state index in [2.05, 4.69) is 5.32 Å². The second kappa shape index (κ2) is 5.82. The molecule has 0 saturated heterocycles. The van der Waals surface area contributed by atoms with Crippen LogP contribution >= 0.6 is 0 Å². The normalized spacial score (nSPS) is 16.6. The SMILES string of the molecule is O=S(=O)(c1cc(F)ccc1NCCC1CCC1)C(F)(F)F. The zero-order chi connectivity index (χ0) is 15.7. The third-order valence-electron chi connectivity index (χ3n) is 3.63. The van der Waals surface area contributed by atoms with Crippen molar-refractivity contribution in [3.8, 4) is 0 Å². The molecule has 0 amide bonds.